The summed E-state index contributed by atoms with van der Waals surface area (Å²) >= 11 is 0. The van der Waals surface area contributed by atoms with Crippen LogP contribution in [-0.4, -0.2) is 45.6 Å². The number of anilines is 1. The van der Waals surface area contributed by atoms with Crippen LogP contribution in [0, 0.1) is 44.3 Å². The van der Waals surface area contributed by atoms with Crippen LogP contribution in [0.2, 0.25) is 0 Å². The van der Waals surface area contributed by atoms with Crippen molar-refractivity contribution in [2.45, 2.75) is 84.9 Å². The number of Topliss-reactive ketones (excluding diaryl/α,β-unsaturated/α-hetero) is 1. The molecule has 4 rings (SSSR count). The van der Waals surface area contributed by atoms with Gasteiger partial charge in [-0.05, 0) is 93.5 Å². The maximum absolute atomic E-state index is 13.7. The lowest BCUT2D eigenvalue weighted by Gasteiger charge is -2.51. The molecule has 0 radical (unpaired) electrons. The second-order valence-electron chi connectivity index (χ2n) is 11.6. The summed E-state index contributed by atoms with van der Waals surface area (Å²) in [5.41, 5.74) is 0.830. The Kier molecular flexibility index (Phi) is 8.30. The molecular formula is C30H39F2N3O4. The SMILES string of the molecule is CCC1C[C@]2(O)CC(C)CC(C2)[C@@H]1NC(=O)C(=O)c1c(C)c(C(=O)Nc2ccc(F)c(C)c2)c(C)n1CCF. The van der Waals surface area contributed by atoms with Crippen LogP contribution in [-0.2, 0) is 11.3 Å². The highest BCUT2D eigenvalue weighted by Crippen LogP contribution is 2.48. The van der Waals surface area contributed by atoms with E-state index in [4.69, 9.17) is 0 Å². The first-order valence-electron chi connectivity index (χ1n) is 13.8. The lowest BCUT2D eigenvalue weighted by molar-refractivity contribution is -0.125. The minimum absolute atomic E-state index is 0.0135. The predicted molar refractivity (Wildman–Crippen MR) is 145 cm³/mol. The molecule has 0 saturated heterocycles. The quantitative estimate of drug-likeness (QED) is 0.321. The molecule has 3 unspecified atom stereocenters. The molecule has 3 N–H and O–H groups in total. The third kappa shape index (κ3) is 5.64. The van der Waals surface area contributed by atoms with Crippen molar-refractivity contribution in [3.63, 3.8) is 0 Å². The molecule has 2 aliphatic carbocycles. The summed E-state index contributed by atoms with van der Waals surface area (Å²) in [7, 11) is 0. The van der Waals surface area contributed by atoms with Crippen LogP contribution in [0.4, 0.5) is 14.5 Å². The minimum atomic E-state index is -0.819. The standard InChI is InChI=1S/C30H39F2N3O4/c1-6-20-14-30(39)13-16(2)11-21(15-30)25(20)34-29(38)27(36)26-18(4)24(19(5)35(26)10-9-31)28(37)33-22-7-8-23(32)17(3)12-22/h7-8,12,16,20-21,25,39H,6,9-11,13-15H2,1-5H3,(H,33,37)(H,34,38)/t16?,20?,21?,25-,30-/m1/s1. The van der Waals surface area contributed by atoms with Gasteiger partial charge in [-0.15, -0.1) is 0 Å². The Morgan fingerprint density at radius 3 is 2.51 bits per heavy atom. The molecule has 2 amide bonds. The van der Waals surface area contributed by atoms with Gasteiger partial charge in [0.15, 0.2) is 0 Å². The van der Waals surface area contributed by atoms with Gasteiger partial charge < -0.3 is 20.3 Å². The van der Waals surface area contributed by atoms with Gasteiger partial charge in [0.05, 0.1) is 23.4 Å². The maximum atomic E-state index is 13.7. The Balaban J connectivity index is 1.61. The maximum Gasteiger partial charge on any atom is 0.294 e. The number of aryl methyl sites for hydroxylation is 1. The van der Waals surface area contributed by atoms with Crippen LogP contribution < -0.4 is 10.6 Å². The highest BCUT2D eigenvalue weighted by atomic mass is 19.1. The lowest BCUT2D eigenvalue weighted by Crippen LogP contribution is -2.58. The molecular weight excluding hydrogens is 504 g/mol. The molecule has 39 heavy (non-hydrogen) atoms. The van der Waals surface area contributed by atoms with Crippen LogP contribution in [0.15, 0.2) is 18.2 Å². The largest absolute Gasteiger partial charge is 0.390 e. The van der Waals surface area contributed by atoms with E-state index in [2.05, 4.69) is 17.6 Å². The molecule has 1 aromatic heterocycles. The van der Waals surface area contributed by atoms with Gasteiger partial charge >= 0.3 is 0 Å². The summed E-state index contributed by atoms with van der Waals surface area (Å²) < 4.78 is 28.6. The fourth-order valence-electron chi connectivity index (χ4n) is 7.10. The average molecular weight is 544 g/mol. The number of ketones is 1. The van der Waals surface area contributed by atoms with E-state index in [0.717, 1.165) is 19.3 Å². The van der Waals surface area contributed by atoms with Gasteiger partial charge in [-0.2, -0.15) is 0 Å². The normalized spacial score (nSPS) is 26.3. The van der Waals surface area contributed by atoms with Crippen molar-refractivity contribution in [3.8, 4) is 0 Å². The molecule has 1 aromatic carbocycles. The van der Waals surface area contributed by atoms with Crippen LogP contribution >= 0.6 is 0 Å². The summed E-state index contributed by atoms with van der Waals surface area (Å²) in [5, 5.41) is 16.8. The number of rotatable bonds is 8. The number of nitrogens with zero attached hydrogens (tertiary/aromatic N) is 1. The van der Waals surface area contributed by atoms with Gasteiger partial charge in [0.2, 0.25) is 0 Å². The van der Waals surface area contributed by atoms with Crippen LogP contribution in [0.25, 0.3) is 0 Å². The van der Waals surface area contributed by atoms with Gasteiger partial charge in [0.1, 0.15) is 12.5 Å². The van der Waals surface area contributed by atoms with Gasteiger partial charge in [0.25, 0.3) is 17.6 Å². The number of aromatic nitrogens is 1. The molecule has 2 aliphatic rings. The topological polar surface area (TPSA) is 100 Å². The summed E-state index contributed by atoms with van der Waals surface area (Å²) in [6.45, 7) is 7.92. The van der Waals surface area contributed by atoms with E-state index in [9.17, 15) is 28.3 Å². The highest BCUT2D eigenvalue weighted by molar-refractivity contribution is 6.43. The third-order valence-corrected chi connectivity index (χ3v) is 8.69. The summed E-state index contributed by atoms with van der Waals surface area (Å²) in [6, 6.07) is 3.94. The van der Waals surface area contributed by atoms with Crippen molar-refractivity contribution >= 4 is 23.3 Å². The predicted octanol–water partition coefficient (Wildman–Crippen LogP) is 5.04. The van der Waals surface area contributed by atoms with Gasteiger partial charge in [0, 0.05) is 17.4 Å². The number of aliphatic hydroxyl groups is 1. The third-order valence-electron chi connectivity index (χ3n) is 8.69. The van der Waals surface area contributed by atoms with E-state index in [1.54, 1.807) is 20.8 Å². The molecule has 0 spiro atoms. The Morgan fingerprint density at radius 1 is 1.15 bits per heavy atom. The molecule has 0 aliphatic heterocycles. The molecule has 5 atom stereocenters. The molecule has 9 heteroatoms. The van der Waals surface area contributed by atoms with E-state index in [0.29, 0.717) is 35.7 Å². The van der Waals surface area contributed by atoms with Gasteiger partial charge in [-0.1, -0.05) is 20.3 Å². The number of nitrogens with one attached hydrogen (secondary N) is 2. The first-order chi connectivity index (χ1) is 18.4. The molecule has 2 fully saturated rings. The van der Waals surface area contributed by atoms with Crippen molar-refractivity contribution in [1.82, 2.24) is 9.88 Å². The smallest absolute Gasteiger partial charge is 0.294 e. The summed E-state index contributed by atoms with van der Waals surface area (Å²) in [5.74, 6) is -2.11. The number of carbonyl (C=O) groups excluding carboxylic acids is 3. The summed E-state index contributed by atoms with van der Waals surface area (Å²) in [6.07, 6.45) is 3.54. The van der Waals surface area contributed by atoms with Gasteiger partial charge in [-0.25, -0.2) is 8.78 Å². The second-order valence-corrected chi connectivity index (χ2v) is 11.6. The van der Waals surface area contributed by atoms with Crippen LogP contribution in [0.3, 0.4) is 0 Å². The van der Waals surface area contributed by atoms with Crippen molar-refractivity contribution < 1.29 is 28.3 Å². The molecule has 2 aromatic rings. The number of amides is 2. The number of benzene rings is 1. The van der Waals surface area contributed by atoms with E-state index in [1.165, 1.54) is 22.8 Å². The minimum Gasteiger partial charge on any atom is -0.390 e. The van der Waals surface area contributed by atoms with Crippen molar-refractivity contribution in [2.75, 3.05) is 12.0 Å². The van der Waals surface area contributed by atoms with Crippen LogP contribution in [0.5, 0.6) is 0 Å². The fourth-order valence-corrected chi connectivity index (χ4v) is 7.10. The molecule has 2 bridgehead atoms. The second kappa shape index (κ2) is 11.2. The molecule has 212 valence electrons. The average Bonchev–Trinajstić information content (AvgIpc) is 3.11. The van der Waals surface area contributed by atoms with E-state index < -0.39 is 35.7 Å². The number of hydrogen-bond donors (Lipinski definition) is 3. The van der Waals surface area contributed by atoms with E-state index in [1.807, 2.05) is 6.92 Å². The lowest BCUT2D eigenvalue weighted by atomic mass is 9.59. The number of alkyl halides is 1. The number of hydrogen-bond acceptors (Lipinski definition) is 4. The Hall–Kier alpha value is -3.07. The molecule has 2 saturated carbocycles. The first-order valence-corrected chi connectivity index (χ1v) is 13.8. The zero-order valence-electron chi connectivity index (χ0n) is 23.4. The van der Waals surface area contributed by atoms with Crippen molar-refractivity contribution in [3.05, 3.63) is 52.1 Å². The molecule has 7 nitrogen and oxygen atoms in total. The van der Waals surface area contributed by atoms with Crippen LogP contribution in [0.1, 0.15) is 83.6 Å². The van der Waals surface area contributed by atoms with Gasteiger partial charge in [-0.3, -0.25) is 14.4 Å². The highest BCUT2D eigenvalue weighted by Gasteiger charge is 2.49. The first kappa shape index (κ1) is 28.9. The van der Waals surface area contributed by atoms with Crippen molar-refractivity contribution in [2.24, 2.45) is 17.8 Å². The number of fused-ring (bicyclic) bond motifs is 2. The zero-order chi connectivity index (χ0) is 28.6. The monoisotopic (exact) mass is 543 g/mol. The number of carbonyl (C=O) groups is 3. The summed E-state index contributed by atoms with van der Waals surface area (Å²) in [4.78, 5) is 40.2. The number of halogens is 2. The Morgan fingerprint density at radius 2 is 1.87 bits per heavy atom. The fraction of sp³-hybridized carbons (Fsp3) is 0.567. The Bertz CT molecular complexity index is 1290. The Labute approximate surface area is 228 Å². The van der Waals surface area contributed by atoms with Crippen molar-refractivity contribution in [1.29, 1.82) is 0 Å². The zero-order valence-corrected chi connectivity index (χ0v) is 23.4. The van der Waals surface area contributed by atoms with E-state index in [-0.39, 0.29) is 41.2 Å². The van der Waals surface area contributed by atoms with E-state index >= 15 is 0 Å². The molecule has 1 heterocycles.